The standard InChI is InChI=1S/C7H11N2/c1-2-7-6-8-3-5-9(7)4-1/h7H,1-5H2/q+1. The molecule has 2 aliphatic rings. The van der Waals surface area contributed by atoms with Crippen molar-refractivity contribution in [2.45, 2.75) is 18.9 Å². The molecule has 9 heavy (non-hydrogen) atoms. The molecule has 0 aromatic carbocycles. The van der Waals surface area contributed by atoms with E-state index in [1.807, 2.05) is 0 Å². The third-order valence-corrected chi connectivity index (χ3v) is 2.10. The van der Waals surface area contributed by atoms with Crippen molar-refractivity contribution in [2.24, 2.45) is 0 Å². The first-order valence-corrected chi connectivity index (χ1v) is 3.63. The fraction of sp³-hybridized carbons (Fsp3) is 0.857. The zero-order valence-electron chi connectivity index (χ0n) is 5.51. The smallest absolute Gasteiger partial charge is 0.277 e. The fourth-order valence-electron chi connectivity index (χ4n) is 1.59. The van der Waals surface area contributed by atoms with Crippen LogP contribution in [0.5, 0.6) is 0 Å². The van der Waals surface area contributed by atoms with Crippen molar-refractivity contribution in [1.82, 2.24) is 4.90 Å². The summed E-state index contributed by atoms with van der Waals surface area (Å²) in [6.07, 6.45) is 2.62. The van der Waals surface area contributed by atoms with Gasteiger partial charge in [0.15, 0.2) is 0 Å². The fourth-order valence-corrected chi connectivity index (χ4v) is 1.59. The largest absolute Gasteiger partial charge is 0.292 e. The minimum absolute atomic E-state index is 0.582. The highest BCUT2D eigenvalue weighted by molar-refractivity contribution is 5.06. The Bertz CT molecular complexity index is 165. The van der Waals surface area contributed by atoms with Crippen LogP contribution >= 0.6 is 0 Å². The molecule has 48 valence electrons. The Morgan fingerprint density at radius 3 is 3.33 bits per heavy atom. The first-order chi connectivity index (χ1) is 4.47. The molecule has 0 bridgehead atoms. The van der Waals surface area contributed by atoms with Crippen LogP contribution in [-0.4, -0.2) is 30.6 Å². The van der Waals surface area contributed by atoms with E-state index >= 15 is 0 Å². The molecule has 0 saturated carbocycles. The lowest BCUT2D eigenvalue weighted by Gasteiger charge is -2.14. The maximum absolute atomic E-state index is 4.13. The molecular formula is C7H11N2+. The Hall–Kier alpha value is -0.550. The van der Waals surface area contributed by atoms with Crippen LogP contribution in [-0.2, 0) is 0 Å². The highest BCUT2D eigenvalue weighted by atomic mass is 15.2. The van der Waals surface area contributed by atoms with E-state index < -0.39 is 0 Å². The number of fused-ring (bicyclic) bond motifs is 1. The lowest BCUT2D eigenvalue weighted by molar-refractivity contribution is 0.303. The molecule has 0 aromatic heterocycles. The van der Waals surface area contributed by atoms with Crippen LogP contribution in [0.15, 0.2) is 0 Å². The summed E-state index contributed by atoms with van der Waals surface area (Å²) < 4.78 is 0. The first kappa shape index (κ1) is 5.25. The molecule has 2 nitrogen and oxygen atoms in total. The van der Waals surface area contributed by atoms with Crippen LogP contribution in [0.2, 0.25) is 0 Å². The summed E-state index contributed by atoms with van der Waals surface area (Å²) in [5, 5.41) is 0. The Morgan fingerprint density at radius 1 is 1.44 bits per heavy atom. The van der Waals surface area contributed by atoms with Crippen molar-refractivity contribution >= 4 is 0 Å². The molecule has 0 spiro atoms. The average Bonchev–Trinajstić information content (AvgIpc) is 2.33. The summed E-state index contributed by atoms with van der Waals surface area (Å²) in [6.45, 7) is 3.40. The Balaban J connectivity index is 2.15. The van der Waals surface area contributed by atoms with Gasteiger partial charge in [0.1, 0.15) is 6.04 Å². The minimum atomic E-state index is 0.582. The second kappa shape index (κ2) is 2.00. The predicted molar refractivity (Wildman–Crippen MR) is 36.7 cm³/mol. The summed E-state index contributed by atoms with van der Waals surface area (Å²) >= 11 is 0. The lowest BCUT2D eigenvalue weighted by atomic mass is 10.2. The van der Waals surface area contributed by atoms with Crippen LogP contribution in [0, 0.1) is 6.07 Å². The van der Waals surface area contributed by atoms with E-state index in [0.29, 0.717) is 6.04 Å². The summed E-state index contributed by atoms with van der Waals surface area (Å²) in [6, 6.07) is 3.71. The van der Waals surface area contributed by atoms with Gasteiger partial charge in [0.25, 0.3) is 12.6 Å². The predicted octanol–water partition coefficient (Wildman–Crippen LogP) is 0.797. The third-order valence-electron chi connectivity index (χ3n) is 2.10. The highest BCUT2D eigenvalue weighted by Crippen LogP contribution is 2.17. The zero-order chi connectivity index (χ0) is 6.10. The van der Waals surface area contributed by atoms with Gasteiger partial charge in [-0.1, -0.05) is 4.85 Å². The van der Waals surface area contributed by atoms with Gasteiger partial charge >= 0.3 is 0 Å². The minimum Gasteiger partial charge on any atom is -0.277 e. The number of hydrogen-bond acceptors (Lipinski definition) is 1. The van der Waals surface area contributed by atoms with Crippen molar-refractivity contribution in [3.8, 4) is 6.07 Å². The summed E-state index contributed by atoms with van der Waals surface area (Å²) in [5.74, 6) is 0. The Labute approximate surface area is 55.3 Å². The molecule has 0 aromatic rings. The number of hydrogen-bond donors (Lipinski definition) is 0. The quantitative estimate of drug-likeness (QED) is 0.462. The first-order valence-electron chi connectivity index (χ1n) is 3.63. The molecule has 0 amide bonds. The van der Waals surface area contributed by atoms with Crippen molar-refractivity contribution in [3.05, 3.63) is 4.85 Å². The topological polar surface area (TPSA) is 7.60 Å². The van der Waals surface area contributed by atoms with Crippen LogP contribution in [0.3, 0.4) is 0 Å². The molecule has 1 fully saturated rings. The van der Waals surface area contributed by atoms with Gasteiger partial charge in [-0.05, 0) is 19.4 Å². The van der Waals surface area contributed by atoms with E-state index in [9.17, 15) is 0 Å². The normalized spacial score (nSPS) is 33.1. The monoisotopic (exact) mass is 123 g/mol. The SMILES string of the molecule is C1#[N+]CCN2CCCC12. The van der Waals surface area contributed by atoms with Gasteiger partial charge in [0.05, 0.1) is 6.54 Å². The van der Waals surface area contributed by atoms with Gasteiger partial charge in [0, 0.05) is 0 Å². The number of nitrogens with zero attached hydrogens (tertiary/aromatic N) is 2. The molecule has 1 unspecified atom stereocenters. The Morgan fingerprint density at radius 2 is 2.44 bits per heavy atom. The van der Waals surface area contributed by atoms with Gasteiger partial charge in [-0.3, -0.25) is 4.90 Å². The van der Waals surface area contributed by atoms with E-state index in [4.69, 9.17) is 0 Å². The molecule has 2 rings (SSSR count). The molecule has 2 heterocycles. The molecule has 2 heteroatoms. The van der Waals surface area contributed by atoms with Crippen molar-refractivity contribution < 1.29 is 0 Å². The molecular weight excluding hydrogens is 112 g/mol. The summed E-state index contributed by atoms with van der Waals surface area (Å²) in [4.78, 5) is 6.59. The molecule has 0 aliphatic carbocycles. The Kier molecular flexibility index (Phi) is 1.17. The second-order valence-electron chi connectivity index (χ2n) is 2.70. The third kappa shape index (κ3) is 0.818. The highest BCUT2D eigenvalue weighted by Gasteiger charge is 2.29. The lowest BCUT2D eigenvalue weighted by Crippen LogP contribution is -2.32. The number of rotatable bonds is 0. The van der Waals surface area contributed by atoms with Gasteiger partial charge in [-0.2, -0.15) is 0 Å². The van der Waals surface area contributed by atoms with E-state index in [1.165, 1.54) is 19.4 Å². The molecule has 0 N–H and O–H groups in total. The summed E-state index contributed by atoms with van der Waals surface area (Å²) in [7, 11) is 0. The van der Waals surface area contributed by atoms with Crippen LogP contribution in [0.25, 0.3) is 4.85 Å². The second-order valence-corrected chi connectivity index (χ2v) is 2.70. The molecule has 0 radical (unpaired) electrons. The van der Waals surface area contributed by atoms with Gasteiger partial charge < -0.3 is 0 Å². The maximum Gasteiger partial charge on any atom is 0.292 e. The van der Waals surface area contributed by atoms with E-state index in [-0.39, 0.29) is 0 Å². The van der Waals surface area contributed by atoms with Crippen molar-refractivity contribution in [2.75, 3.05) is 19.6 Å². The van der Waals surface area contributed by atoms with Gasteiger partial charge in [-0.15, -0.1) is 0 Å². The van der Waals surface area contributed by atoms with Crippen LogP contribution in [0.1, 0.15) is 12.8 Å². The van der Waals surface area contributed by atoms with E-state index in [2.05, 4.69) is 15.8 Å². The van der Waals surface area contributed by atoms with Crippen molar-refractivity contribution in [1.29, 1.82) is 0 Å². The van der Waals surface area contributed by atoms with E-state index in [0.717, 1.165) is 13.1 Å². The molecule has 1 atom stereocenters. The zero-order valence-corrected chi connectivity index (χ0v) is 5.51. The van der Waals surface area contributed by atoms with E-state index in [1.54, 1.807) is 0 Å². The molecule has 2 aliphatic heterocycles. The van der Waals surface area contributed by atoms with Crippen LogP contribution in [0.4, 0.5) is 0 Å². The van der Waals surface area contributed by atoms with Gasteiger partial charge in [-0.25, -0.2) is 0 Å². The average molecular weight is 123 g/mol. The van der Waals surface area contributed by atoms with Crippen molar-refractivity contribution in [3.63, 3.8) is 0 Å². The van der Waals surface area contributed by atoms with Gasteiger partial charge in [0.2, 0.25) is 0 Å². The summed E-state index contributed by atoms with van der Waals surface area (Å²) in [5.41, 5.74) is 0. The van der Waals surface area contributed by atoms with Crippen LogP contribution < -0.4 is 0 Å². The molecule has 1 saturated heterocycles. The maximum atomic E-state index is 4.13.